The number of thiophene rings is 1. The Morgan fingerprint density at radius 1 is 0.920 bits per heavy atom. The molecule has 0 atom stereocenters. The molecule has 2 aromatic carbocycles. The van der Waals surface area contributed by atoms with E-state index in [0.29, 0.717) is 10.6 Å². The van der Waals surface area contributed by atoms with Crippen LogP contribution in [-0.2, 0) is 0 Å². The average Bonchev–Trinajstić information content (AvgIpc) is 3.17. The predicted octanol–water partition coefficient (Wildman–Crippen LogP) is 4.48. The highest BCUT2D eigenvalue weighted by Gasteiger charge is 2.09. The van der Waals surface area contributed by atoms with Crippen molar-refractivity contribution in [2.24, 2.45) is 0 Å². The van der Waals surface area contributed by atoms with Crippen LogP contribution in [0.2, 0.25) is 0 Å². The van der Waals surface area contributed by atoms with Gasteiger partial charge in [-0.2, -0.15) is 0 Å². The second kappa shape index (κ2) is 6.37. The van der Waals surface area contributed by atoms with E-state index in [2.05, 4.69) is 4.98 Å². The van der Waals surface area contributed by atoms with Gasteiger partial charge in [-0.25, -0.2) is 4.79 Å². The lowest BCUT2D eigenvalue weighted by atomic mass is 10.0. The molecule has 0 saturated heterocycles. The van der Waals surface area contributed by atoms with E-state index >= 15 is 0 Å². The van der Waals surface area contributed by atoms with Crippen LogP contribution in [0.1, 0.15) is 9.67 Å². The van der Waals surface area contributed by atoms with Gasteiger partial charge in [0.25, 0.3) is 0 Å². The van der Waals surface area contributed by atoms with E-state index in [1.54, 1.807) is 24.3 Å². The summed E-state index contributed by atoms with van der Waals surface area (Å²) in [6.07, 6.45) is 0. The molecule has 4 rings (SSSR count). The van der Waals surface area contributed by atoms with Crippen LogP contribution in [0.15, 0.2) is 76.9 Å². The summed E-state index contributed by atoms with van der Waals surface area (Å²) < 4.78 is 5.36. The number of pyridine rings is 1. The summed E-state index contributed by atoms with van der Waals surface area (Å²) in [5, 5.41) is 2.80. The fraction of sp³-hybridized carbons (Fsp3) is 0. The molecule has 1 N–H and O–H groups in total. The fourth-order valence-corrected chi connectivity index (χ4v) is 3.20. The minimum absolute atomic E-state index is 0.114. The van der Waals surface area contributed by atoms with Gasteiger partial charge in [0.1, 0.15) is 10.6 Å². The van der Waals surface area contributed by atoms with Crippen LogP contribution in [-0.4, -0.2) is 11.0 Å². The highest BCUT2D eigenvalue weighted by molar-refractivity contribution is 7.12. The molecule has 5 heteroatoms. The normalized spacial score (nSPS) is 10.7. The molecule has 122 valence electrons. The molecule has 4 nitrogen and oxygen atoms in total. The monoisotopic (exact) mass is 347 g/mol. The third-order valence-electron chi connectivity index (χ3n) is 3.84. The number of fused-ring (bicyclic) bond motifs is 1. The summed E-state index contributed by atoms with van der Waals surface area (Å²) in [7, 11) is 0. The number of carbonyl (C=O) groups excluding carboxylic acids is 1. The van der Waals surface area contributed by atoms with Crippen molar-refractivity contribution in [3.63, 3.8) is 0 Å². The number of nitrogens with one attached hydrogen (secondary N) is 1. The first-order chi connectivity index (χ1) is 12.2. The van der Waals surface area contributed by atoms with Gasteiger partial charge >= 0.3 is 5.97 Å². The van der Waals surface area contributed by atoms with Gasteiger partial charge in [-0.05, 0) is 58.3 Å². The van der Waals surface area contributed by atoms with Gasteiger partial charge in [-0.3, -0.25) is 4.79 Å². The van der Waals surface area contributed by atoms with Gasteiger partial charge in [0.15, 0.2) is 0 Å². The van der Waals surface area contributed by atoms with E-state index in [0.717, 1.165) is 22.0 Å². The molecule has 0 unspecified atom stereocenters. The highest BCUT2D eigenvalue weighted by atomic mass is 32.1. The van der Waals surface area contributed by atoms with Crippen LogP contribution in [0, 0.1) is 0 Å². The zero-order valence-electron chi connectivity index (χ0n) is 13.1. The zero-order valence-corrected chi connectivity index (χ0v) is 13.9. The van der Waals surface area contributed by atoms with Gasteiger partial charge in [0.2, 0.25) is 5.56 Å². The van der Waals surface area contributed by atoms with E-state index in [1.807, 2.05) is 41.8 Å². The molecule has 0 aliphatic heterocycles. The quantitative estimate of drug-likeness (QED) is 0.439. The van der Waals surface area contributed by atoms with Crippen LogP contribution in [0.5, 0.6) is 5.75 Å². The third kappa shape index (κ3) is 3.22. The maximum Gasteiger partial charge on any atom is 0.353 e. The maximum absolute atomic E-state index is 12.0. The Morgan fingerprint density at radius 2 is 1.72 bits per heavy atom. The van der Waals surface area contributed by atoms with E-state index in [9.17, 15) is 9.59 Å². The van der Waals surface area contributed by atoms with Crippen molar-refractivity contribution in [3.05, 3.63) is 87.3 Å². The molecule has 0 radical (unpaired) electrons. The second-order valence-corrected chi connectivity index (χ2v) is 6.46. The van der Waals surface area contributed by atoms with Crippen molar-refractivity contribution in [1.82, 2.24) is 4.98 Å². The van der Waals surface area contributed by atoms with E-state index in [-0.39, 0.29) is 11.5 Å². The molecule has 0 amide bonds. The van der Waals surface area contributed by atoms with Crippen molar-refractivity contribution in [3.8, 4) is 16.9 Å². The number of rotatable bonds is 3. The zero-order chi connectivity index (χ0) is 17.2. The van der Waals surface area contributed by atoms with Gasteiger partial charge < -0.3 is 9.72 Å². The lowest BCUT2D eigenvalue weighted by molar-refractivity contribution is 0.0740. The Morgan fingerprint density at radius 3 is 2.48 bits per heavy atom. The molecule has 0 aliphatic rings. The first-order valence-electron chi connectivity index (χ1n) is 7.68. The molecule has 2 aromatic heterocycles. The number of esters is 1. The molecule has 0 aliphatic carbocycles. The predicted molar refractivity (Wildman–Crippen MR) is 99.3 cm³/mol. The standard InChI is InChI=1S/C20H13NO3S/c22-19-10-6-15-12-14(5-9-17(15)21-19)13-3-7-16(8-4-13)24-20(23)18-2-1-11-25-18/h1-12H,(H,21,22). The average molecular weight is 347 g/mol. The van der Waals surface area contributed by atoms with Gasteiger partial charge in [0.05, 0.1) is 0 Å². The maximum atomic E-state index is 12.0. The number of hydrogen-bond acceptors (Lipinski definition) is 4. The molecule has 2 heterocycles. The molecular weight excluding hydrogens is 334 g/mol. The summed E-state index contributed by atoms with van der Waals surface area (Å²) in [4.78, 5) is 26.7. The number of H-pyrrole nitrogens is 1. The third-order valence-corrected chi connectivity index (χ3v) is 4.69. The molecule has 0 spiro atoms. The summed E-state index contributed by atoms with van der Waals surface area (Å²) >= 11 is 1.35. The number of hydrogen-bond donors (Lipinski definition) is 1. The highest BCUT2D eigenvalue weighted by Crippen LogP contribution is 2.25. The largest absolute Gasteiger partial charge is 0.422 e. The van der Waals surface area contributed by atoms with E-state index in [4.69, 9.17) is 4.74 Å². The Bertz CT molecular complexity index is 1100. The molecule has 0 fully saturated rings. The summed E-state index contributed by atoms with van der Waals surface area (Å²) in [6, 6.07) is 20.1. The van der Waals surface area contributed by atoms with Crippen molar-refractivity contribution >= 4 is 28.2 Å². The van der Waals surface area contributed by atoms with Crippen molar-refractivity contribution in [2.75, 3.05) is 0 Å². The number of aromatic amines is 1. The Kier molecular flexibility index (Phi) is 3.91. The molecule has 0 bridgehead atoms. The number of ether oxygens (including phenoxy) is 1. The molecular formula is C20H13NO3S. The first kappa shape index (κ1) is 15.4. The molecule has 0 saturated carbocycles. The molecule has 25 heavy (non-hydrogen) atoms. The minimum atomic E-state index is -0.350. The van der Waals surface area contributed by atoms with Crippen molar-refractivity contribution < 1.29 is 9.53 Å². The van der Waals surface area contributed by atoms with Crippen LogP contribution in [0.3, 0.4) is 0 Å². The van der Waals surface area contributed by atoms with Gasteiger partial charge in [-0.1, -0.05) is 24.3 Å². The molecule has 4 aromatic rings. The number of benzene rings is 2. The lowest BCUT2D eigenvalue weighted by Crippen LogP contribution is -2.06. The fourth-order valence-electron chi connectivity index (χ4n) is 2.60. The Balaban J connectivity index is 1.58. The minimum Gasteiger partial charge on any atom is -0.422 e. The van der Waals surface area contributed by atoms with Gasteiger partial charge in [0, 0.05) is 11.6 Å². The van der Waals surface area contributed by atoms with Crippen LogP contribution < -0.4 is 10.3 Å². The van der Waals surface area contributed by atoms with Crippen molar-refractivity contribution in [1.29, 1.82) is 0 Å². The number of carbonyl (C=O) groups is 1. The van der Waals surface area contributed by atoms with Crippen LogP contribution >= 0.6 is 11.3 Å². The topological polar surface area (TPSA) is 59.2 Å². The number of aromatic nitrogens is 1. The Hall–Kier alpha value is -3.18. The smallest absolute Gasteiger partial charge is 0.353 e. The summed E-state index contributed by atoms with van der Waals surface area (Å²) in [5.41, 5.74) is 2.72. The van der Waals surface area contributed by atoms with E-state index < -0.39 is 0 Å². The first-order valence-corrected chi connectivity index (χ1v) is 8.56. The Labute approximate surface area is 147 Å². The van der Waals surface area contributed by atoms with Crippen molar-refractivity contribution in [2.45, 2.75) is 0 Å². The van der Waals surface area contributed by atoms with E-state index in [1.165, 1.54) is 17.4 Å². The summed E-state index contributed by atoms with van der Waals surface area (Å²) in [5.74, 6) is 0.157. The van der Waals surface area contributed by atoms with Gasteiger partial charge in [-0.15, -0.1) is 11.3 Å². The second-order valence-electron chi connectivity index (χ2n) is 5.52. The lowest BCUT2D eigenvalue weighted by Gasteiger charge is -2.06. The SMILES string of the molecule is O=C(Oc1ccc(-c2ccc3[nH]c(=O)ccc3c2)cc1)c1cccs1. The summed E-state index contributed by atoms with van der Waals surface area (Å²) in [6.45, 7) is 0. The van der Waals surface area contributed by atoms with Crippen LogP contribution in [0.25, 0.3) is 22.0 Å². The van der Waals surface area contributed by atoms with Crippen LogP contribution in [0.4, 0.5) is 0 Å².